The van der Waals surface area contributed by atoms with Gasteiger partial charge in [-0.2, -0.15) is 0 Å². The number of phenolic OH excluding ortho intramolecular Hbond substituents is 2. The molecule has 9 nitrogen and oxygen atoms in total. The summed E-state index contributed by atoms with van der Waals surface area (Å²) in [5.41, 5.74) is 6.99. The first-order chi connectivity index (χ1) is 17.1. The molecule has 1 aliphatic rings. The highest BCUT2D eigenvalue weighted by molar-refractivity contribution is 6.04. The molecule has 2 bridgehead atoms. The van der Waals surface area contributed by atoms with Crippen LogP contribution >= 0.6 is 0 Å². The van der Waals surface area contributed by atoms with Crippen LogP contribution in [0.15, 0.2) is 47.6 Å². The van der Waals surface area contributed by atoms with Crippen molar-refractivity contribution in [3.63, 3.8) is 0 Å². The standard InChI is InChI=1S/C27H38N2O7/c1-16-8-6-10-18(3)26(32)29-22-15-19(30)14-21(24(22)31)23(35-5)13-12-20(34-4)11-7-9-17(2)25(16)36-27(28)33/h6,8-10,14-16,20,23,25,30-31H,7,11-13H2,1-5H3,(H2,28,33)(H,29,32)/b8-6-,17-9+,18-10+. The van der Waals surface area contributed by atoms with Crippen molar-refractivity contribution in [1.29, 1.82) is 0 Å². The van der Waals surface area contributed by atoms with E-state index in [2.05, 4.69) is 5.32 Å². The van der Waals surface area contributed by atoms with E-state index < -0.39 is 24.2 Å². The monoisotopic (exact) mass is 502 g/mol. The van der Waals surface area contributed by atoms with Crippen LogP contribution in [0, 0.1) is 5.92 Å². The number of primary amides is 1. The first kappa shape index (κ1) is 28.9. The van der Waals surface area contributed by atoms with Crippen molar-refractivity contribution < 1.29 is 34.0 Å². The third-order valence-corrected chi connectivity index (χ3v) is 6.33. The molecular formula is C27H38N2O7. The number of anilines is 1. The molecule has 9 heteroatoms. The molecule has 1 aromatic rings. The van der Waals surface area contributed by atoms with Gasteiger partial charge >= 0.3 is 6.09 Å². The summed E-state index contributed by atoms with van der Waals surface area (Å²) in [6.07, 6.45) is 7.65. The Bertz CT molecular complexity index is 1020. The maximum Gasteiger partial charge on any atom is 0.405 e. The van der Waals surface area contributed by atoms with Crippen molar-refractivity contribution in [2.75, 3.05) is 19.5 Å². The number of rotatable bonds is 3. The highest BCUT2D eigenvalue weighted by Crippen LogP contribution is 2.39. The highest BCUT2D eigenvalue weighted by atomic mass is 16.6. The van der Waals surface area contributed by atoms with Gasteiger partial charge in [-0.05, 0) is 51.2 Å². The number of hydrogen-bond donors (Lipinski definition) is 4. The lowest BCUT2D eigenvalue weighted by molar-refractivity contribution is -0.112. The molecule has 0 saturated carbocycles. The molecule has 1 aromatic carbocycles. The Morgan fingerprint density at radius 3 is 2.47 bits per heavy atom. The van der Waals surface area contributed by atoms with Crippen molar-refractivity contribution in [3.05, 3.63) is 53.1 Å². The van der Waals surface area contributed by atoms with Crippen LogP contribution in [0.5, 0.6) is 11.5 Å². The molecule has 198 valence electrons. The number of aromatic hydroxyl groups is 2. The Hall–Kier alpha value is -3.30. The lowest BCUT2D eigenvalue weighted by atomic mass is 9.95. The molecule has 0 aliphatic carbocycles. The summed E-state index contributed by atoms with van der Waals surface area (Å²) < 4.78 is 16.6. The maximum atomic E-state index is 12.7. The second kappa shape index (κ2) is 13.7. The molecular weight excluding hydrogens is 464 g/mol. The van der Waals surface area contributed by atoms with E-state index in [1.54, 1.807) is 26.2 Å². The van der Waals surface area contributed by atoms with Crippen molar-refractivity contribution in [3.8, 4) is 11.5 Å². The largest absolute Gasteiger partial charge is 0.508 e. The number of amides is 2. The van der Waals surface area contributed by atoms with E-state index in [0.29, 0.717) is 36.8 Å². The molecule has 0 aromatic heterocycles. The van der Waals surface area contributed by atoms with Gasteiger partial charge in [-0.15, -0.1) is 0 Å². The van der Waals surface area contributed by atoms with E-state index in [-0.39, 0.29) is 29.2 Å². The van der Waals surface area contributed by atoms with Gasteiger partial charge in [0.25, 0.3) is 5.91 Å². The summed E-state index contributed by atoms with van der Waals surface area (Å²) in [6.45, 7) is 5.40. The molecule has 1 aliphatic heterocycles. The normalized spacial score (nSPS) is 28.2. The fraction of sp³-hybridized carbons (Fsp3) is 0.481. The lowest BCUT2D eigenvalue weighted by Crippen LogP contribution is -2.28. The van der Waals surface area contributed by atoms with Crippen LogP contribution in [0.2, 0.25) is 0 Å². The zero-order valence-electron chi connectivity index (χ0n) is 21.6. The predicted molar refractivity (Wildman–Crippen MR) is 138 cm³/mol. The number of fused-ring (bicyclic) bond motifs is 2. The number of hydrogen-bond acceptors (Lipinski definition) is 7. The molecule has 0 fully saturated rings. The van der Waals surface area contributed by atoms with E-state index in [1.165, 1.54) is 19.2 Å². The van der Waals surface area contributed by atoms with Crippen molar-refractivity contribution in [1.82, 2.24) is 0 Å². The summed E-state index contributed by atoms with van der Waals surface area (Å²) in [5.74, 6) is -0.930. The summed E-state index contributed by atoms with van der Waals surface area (Å²) in [5, 5.41) is 23.8. The summed E-state index contributed by atoms with van der Waals surface area (Å²) in [6, 6.07) is 2.72. The maximum absolute atomic E-state index is 12.7. The lowest BCUT2D eigenvalue weighted by Gasteiger charge is -2.23. The van der Waals surface area contributed by atoms with Crippen LogP contribution < -0.4 is 11.1 Å². The molecule has 2 rings (SSSR count). The van der Waals surface area contributed by atoms with Gasteiger partial charge in [0, 0.05) is 37.3 Å². The molecule has 2 amide bonds. The average molecular weight is 503 g/mol. The van der Waals surface area contributed by atoms with Crippen molar-refractivity contribution in [2.24, 2.45) is 11.7 Å². The number of nitrogens with two attached hydrogens (primary N) is 1. The number of phenols is 2. The smallest absolute Gasteiger partial charge is 0.405 e. The number of benzene rings is 1. The molecule has 36 heavy (non-hydrogen) atoms. The van der Waals surface area contributed by atoms with E-state index in [9.17, 15) is 19.8 Å². The Morgan fingerprint density at radius 1 is 1.11 bits per heavy atom. The van der Waals surface area contributed by atoms with Crippen LogP contribution in [-0.2, 0) is 19.0 Å². The topological polar surface area (TPSA) is 140 Å². The van der Waals surface area contributed by atoms with Crippen LogP contribution in [-0.4, -0.2) is 48.6 Å². The fourth-order valence-corrected chi connectivity index (χ4v) is 4.23. The van der Waals surface area contributed by atoms with Gasteiger partial charge in [0.15, 0.2) is 0 Å². The number of carbonyl (C=O) groups excluding carboxylic acids is 2. The molecule has 5 N–H and O–H groups in total. The van der Waals surface area contributed by atoms with Gasteiger partial charge in [-0.25, -0.2) is 4.79 Å². The van der Waals surface area contributed by atoms with Gasteiger partial charge in [0.2, 0.25) is 0 Å². The summed E-state index contributed by atoms with van der Waals surface area (Å²) >= 11 is 0. The highest BCUT2D eigenvalue weighted by Gasteiger charge is 2.23. The van der Waals surface area contributed by atoms with E-state index in [1.807, 2.05) is 26.0 Å². The summed E-state index contributed by atoms with van der Waals surface area (Å²) in [4.78, 5) is 24.3. The molecule has 4 atom stereocenters. The average Bonchev–Trinajstić information content (AvgIpc) is 2.83. The Labute approximate surface area is 212 Å². The molecule has 1 heterocycles. The van der Waals surface area contributed by atoms with Crippen LogP contribution in [0.25, 0.3) is 0 Å². The third-order valence-electron chi connectivity index (χ3n) is 6.33. The number of ether oxygens (including phenoxy) is 3. The van der Waals surface area contributed by atoms with E-state index in [4.69, 9.17) is 19.9 Å². The van der Waals surface area contributed by atoms with Crippen LogP contribution in [0.1, 0.15) is 58.1 Å². The SMILES string of the molecule is COC1CC/C=C(\C)C(OC(N)=O)C(C)/C=C\C=C(/C)C(=O)Nc2cc(O)cc(c2O)C(OC)CC1. The first-order valence-electron chi connectivity index (χ1n) is 12.0. The second-order valence-corrected chi connectivity index (χ2v) is 9.02. The Balaban J connectivity index is 2.47. The number of nitrogens with one attached hydrogen (secondary N) is 1. The van der Waals surface area contributed by atoms with Crippen molar-refractivity contribution in [2.45, 2.75) is 64.8 Å². The molecule has 0 spiro atoms. The first-order valence-corrected chi connectivity index (χ1v) is 12.0. The molecule has 4 unspecified atom stereocenters. The molecule has 0 saturated heterocycles. The number of carbonyl (C=O) groups is 2. The van der Waals surface area contributed by atoms with Crippen LogP contribution in [0.4, 0.5) is 10.5 Å². The van der Waals surface area contributed by atoms with Gasteiger partial charge < -0.3 is 35.5 Å². The van der Waals surface area contributed by atoms with Crippen LogP contribution in [0.3, 0.4) is 0 Å². The van der Waals surface area contributed by atoms with E-state index in [0.717, 1.165) is 5.57 Å². The predicted octanol–water partition coefficient (Wildman–Crippen LogP) is 4.86. The number of allylic oxidation sites excluding steroid dienone is 3. The summed E-state index contributed by atoms with van der Waals surface area (Å²) in [7, 11) is 3.16. The third kappa shape index (κ3) is 8.13. The number of methoxy groups -OCH3 is 2. The zero-order valence-corrected chi connectivity index (χ0v) is 21.6. The van der Waals surface area contributed by atoms with E-state index >= 15 is 0 Å². The Kier molecular flexibility index (Phi) is 11.0. The minimum atomic E-state index is -0.859. The van der Waals surface area contributed by atoms with Gasteiger partial charge in [-0.3, -0.25) is 4.79 Å². The molecule has 0 radical (unpaired) electrons. The quantitative estimate of drug-likeness (QED) is 0.263. The minimum Gasteiger partial charge on any atom is -0.508 e. The fourth-order valence-electron chi connectivity index (χ4n) is 4.23. The second-order valence-electron chi connectivity index (χ2n) is 9.02. The minimum absolute atomic E-state index is 0.0816. The Morgan fingerprint density at radius 2 is 1.83 bits per heavy atom. The van der Waals surface area contributed by atoms with Gasteiger partial charge in [0.1, 0.15) is 17.6 Å². The zero-order chi connectivity index (χ0) is 26.8. The van der Waals surface area contributed by atoms with Gasteiger partial charge in [-0.1, -0.05) is 31.2 Å². The van der Waals surface area contributed by atoms with Gasteiger partial charge in [0.05, 0.1) is 17.9 Å². The van der Waals surface area contributed by atoms with Crippen molar-refractivity contribution >= 4 is 17.7 Å².